The highest BCUT2D eigenvalue weighted by atomic mass is 16.2. The van der Waals surface area contributed by atoms with Crippen LogP contribution in [-0.2, 0) is 18.4 Å². The van der Waals surface area contributed by atoms with Gasteiger partial charge in [0, 0.05) is 47.3 Å². The molecule has 1 unspecified atom stereocenters. The Hall–Kier alpha value is -2.34. The van der Waals surface area contributed by atoms with Crippen LogP contribution in [0.3, 0.4) is 0 Å². The van der Waals surface area contributed by atoms with E-state index in [0.29, 0.717) is 6.54 Å². The van der Waals surface area contributed by atoms with Crippen LogP contribution < -0.4 is 10.2 Å². The Bertz CT molecular complexity index is 691. The van der Waals surface area contributed by atoms with Gasteiger partial charge in [0.05, 0.1) is 5.69 Å². The molecule has 1 atom stereocenters. The van der Waals surface area contributed by atoms with E-state index < -0.39 is 0 Å². The van der Waals surface area contributed by atoms with E-state index in [2.05, 4.69) is 10.4 Å². The van der Waals surface area contributed by atoms with Crippen molar-refractivity contribution in [2.24, 2.45) is 7.05 Å². The van der Waals surface area contributed by atoms with Gasteiger partial charge >= 0.3 is 0 Å². The van der Waals surface area contributed by atoms with E-state index in [-0.39, 0.29) is 11.9 Å². The summed E-state index contributed by atoms with van der Waals surface area (Å²) in [5.41, 5.74) is 3.04. The zero-order chi connectivity index (χ0) is 17.9. The minimum absolute atomic E-state index is 0.0362. The fraction of sp³-hybridized carbons (Fsp3) is 0.444. The number of likely N-dealkylation sites (N-methyl/N-ethyl adjacent to an activating group) is 1. The van der Waals surface area contributed by atoms with E-state index in [1.165, 1.54) is 0 Å². The van der Waals surface area contributed by atoms with Crippen molar-refractivity contribution in [2.75, 3.05) is 33.1 Å². The number of amides is 1. The number of anilines is 1. The number of nitrogens with one attached hydrogen (secondary N) is 1. The Morgan fingerprint density at radius 2 is 1.83 bits per heavy atom. The van der Waals surface area contributed by atoms with Crippen LogP contribution in [0.4, 0.5) is 5.82 Å². The molecule has 1 N–H and O–H groups in total. The second-order valence-corrected chi connectivity index (χ2v) is 6.36. The van der Waals surface area contributed by atoms with Gasteiger partial charge in [0.1, 0.15) is 11.9 Å². The van der Waals surface area contributed by atoms with Gasteiger partial charge in [0.25, 0.3) is 0 Å². The van der Waals surface area contributed by atoms with Crippen molar-refractivity contribution in [3.8, 4) is 0 Å². The van der Waals surface area contributed by atoms with Crippen LogP contribution in [0.15, 0.2) is 30.3 Å². The van der Waals surface area contributed by atoms with Gasteiger partial charge in [-0.2, -0.15) is 5.10 Å². The van der Waals surface area contributed by atoms with E-state index in [1.807, 2.05) is 68.0 Å². The maximum atomic E-state index is 12.6. The highest BCUT2D eigenvalue weighted by Crippen LogP contribution is 2.23. The summed E-state index contributed by atoms with van der Waals surface area (Å²) in [4.78, 5) is 16.3. The van der Waals surface area contributed by atoms with Crippen LogP contribution in [0, 0.1) is 6.92 Å². The third kappa shape index (κ3) is 3.76. The molecule has 0 radical (unpaired) electrons. The molecule has 2 rings (SSSR count). The summed E-state index contributed by atoms with van der Waals surface area (Å²) in [6.45, 7) is 2.57. The maximum absolute atomic E-state index is 12.6. The molecule has 6 nitrogen and oxygen atoms in total. The van der Waals surface area contributed by atoms with Gasteiger partial charge in [-0.05, 0) is 12.5 Å². The zero-order valence-electron chi connectivity index (χ0n) is 15.4. The predicted octanol–water partition coefficient (Wildman–Crippen LogP) is 1.71. The fourth-order valence-corrected chi connectivity index (χ4v) is 2.91. The summed E-state index contributed by atoms with van der Waals surface area (Å²) in [7, 11) is 9.49. The van der Waals surface area contributed by atoms with Crippen LogP contribution >= 0.6 is 0 Å². The van der Waals surface area contributed by atoms with Crippen molar-refractivity contribution in [1.29, 1.82) is 0 Å². The average molecular weight is 329 g/mol. The third-order valence-corrected chi connectivity index (χ3v) is 4.04. The molecule has 1 amide bonds. The first-order valence-electron chi connectivity index (χ1n) is 8.02. The van der Waals surface area contributed by atoms with Crippen LogP contribution in [0.5, 0.6) is 0 Å². The van der Waals surface area contributed by atoms with E-state index in [1.54, 1.807) is 19.0 Å². The summed E-state index contributed by atoms with van der Waals surface area (Å²) in [6, 6.07) is 9.43. The molecule has 6 heteroatoms. The number of nitrogens with zero attached hydrogens (tertiary/aromatic N) is 4. The van der Waals surface area contributed by atoms with Gasteiger partial charge in [0.15, 0.2) is 0 Å². The van der Waals surface area contributed by atoms with Gasteiger partial charge in [-0.3, -0.25) is 14.8 Å². The minimum Gasteiger partial charge on any atom is -0.363 e. The molecule has 1 aromatic carbocycles. The molecule has 0 spiro atoms. The van der Waals surface area contributed by atoms with Crippen LogP contribution in [0.1, 0.15) is 22.9 Å². The molecule has 130 valence electrons. The number of hydrogen-bond donors (Lipinski definition) is 1. The summed E-state index contributed by atoms with van der Waals surface area (Å²) in [5, 5.41) is 7.91. The molecule has 0 aliphatic heterocycles. The molecule has 0 saturated heterocycles. The zero-order valence-corrected chi connectivity index (χ0v) is 15.4. The van der Waals surface area contributed by atoms with Crippen molar-refractivity contribution in [1.82, 2.24) is 20.0 Å². The van der Waals surface area contributed by atoms with Gasteiger partial charge < -0.3 is 9.80 Å². The van der Waals surface area contributed by atoms with E-state index in [9.17, 15) is 4.79 Å². The molecule has 0 aliphatic carbocycles. The SMILES string of the molecule is Cc1nn(C)c(N(C)C)c1CNC(C(=O)N(C)C)c1ccccc1. The molecule has 1 aromatic heterocycles. The van der Waals surface area contributed by atoms with E-state index >= 15 is 0 Å². The van der Waals surface area contributed by atoms with Gasteiger partial charge in [-0.1, -0.05) is 30.3 Å². The van der Waals surface area contributed by atoms with Crippen LogP contribution in [0.25, 0.3) is 0 Å². The molecule has 0 saturated carbocycles. The van der Waals surface area contributed by atoms with Crippen molar-refractivity contribution in [3.63, 3.8) is 0 Å². The predicted molar refractivity (Wildman–Crippen MR) is 97.0 cm³/mol. The Labute approximate surface area is 144 Å². The number of aryl methyl sites for hydroxylation is 2. The normalized spacial score (nSPS) is 12.1. The maximum Gasteiger partial charge on any atom is 0.243 e. The fourth-order valence-electron chi connectivity index (χ4n) is 2.91. The highest BCUT2D eigenvalue weighted by molar-refractivity contribution is 5.82. The first kappa shape index (κ1) is 18.0. The summed E-state index contributed by atoms with van der Waals surface area (Å²) in [5.74, 6) is 1.08. The quantitative estimate of drug-likeness (QED) is 0.877. The molecule has 0 fully saturated rings. The third-order valence-electron chi connectivity index (χ3n) is 4.04. The number of carbonyl (C=O) groups is 1. The lowest BCUT2D eigenvalue weighted by Crippen LogP contribution is -2.36. The van der Waals surface area contributed by atoms with Crippen molar-refractivity contribution >= 4 is 11.7 Å². The topological polar surface area (TPSA) is 53.4 Å². The Morgan fingerprint density at radius 3 is 2.38 bits per heavy atom. The molecule has 0 aliphatic rings. The van der Waals surface area contributed by atoms with Crippen LogP contribution in [-0.4, -0.2) is 48.8 Å². The number of aromatic nitrogens is 2. The molecule has 24 heavy (non-hydrogen) atoms. The van der Waals surface area contributed by atoms with Crippen molar-refractivity contribution in [3.05, 3.63) is 47.2 Å². The lowest BCUT2D eigenvalue weighted by molar-refractivity contribution is -0.131. The Balaban J connectivity index is 2.28. The Morgan fingerprint density at radius 1 is 1.21 bits per heavy atom. The van der Waals surface area contributed by atoms with E-state index in [4.69, 9.17) is 0 Å². The first-order chi connectivity index (χ1) is 11.3. The largest absolute Gasteiger partial charge is 0.363 e. The smallest absolute Gasteiger partial charge is 0.243 e. The second-order valence-electron chi connectivity index (χ2n) is 6.36. The van der Waals surface area contributed by atoms with Crippen LogP contribution in [0.2, 0.25) is 0 Å². The van der Waals surface area contributed by atoms with Gasteiger partial charge in [-0.25, -0.2) is 0 Å². The summed E-state index contributed by atoms with van der Waals surface area (Å²) >= 11 is 0. The summed E-state index contributed by atoms with van der Waals surface area (Å²) in [6.07, 6.45) is 0. The monoisotopic (exact) mass is 329 g/mol. The molecule has 2 aromatic rings. The number of benzene rings is 1. The molecular formula is C18H27N5O. The average Bonchev–Trinajstić information content (AvgIpc) is 2.82. The molecular weight excluding hydrogens is 302 g/mol. The lowest BCUT2D eigenvalue weighted by Gasteiger charge is -2.23. The van der Waals surface area contributed by atoms with Crippen molar-refractivity contribution in [2.45, 2.75) is 19.5 Å². The van der Waals surface area contributed by atoms with Crippen molar-refractivity contribution < 1.29 is 4.79 Å². The Kier molecular flexibility index (Phi) is 5.62. The second kappa shape index (κ2) is 7.49. The number of carbonyl (C=O) groups excluding carboxylic acids is 1. The summed E-state index contributed by atoms with van der Waals surface area (Å²) < 4.78 is 1.87. The van der Waals surface area contributed by atoms with Gasteiger partial charge in [0.2, 0.25) is 5.91 Å². The minimum atomic E-state index is -0.379. The van der Waals surface area contributed by atoms with E-state index in [0.717, 1.165) is 22.6 Å². The van der Waals surface area contributed by atoms with Gasteiger partial charge in [-0.15, -0.1) is 0 Å². The standard InChI is InChI=1S/C18H27N5O/c1-13-15(17(21(2)3)23(6)20-13)12-19-16(18(24)22(4)5)14-10-8-7-9-11-14/h7-11,16,19H,12H2,1-6H3. The number of hydrogen-bond acceptors (Lipinski definition) is 4. The molecule has 0 bridgehead atoms. The number of rotatable bonds is 6. The highest BCUT2D eigenvalue weighted by Gasteiger charge is 2.23. The molecule has 1 heterocycles. The lowest BCUT2D eigenvalue weighted by atomic mass is 10.1. The first-order valence-corrected chi connectivity index (χ1v) is 8.02.